The van der Waals surface area contributed by atoms with E-state index in [1.54, 1.807) is 12.1 Å². The minimum Gasteiger partial charge on any atom is -0.375 e. The molecule has 1 unspecified atom stereocenters. The van der Waals surface area contributed by atoms with Crippen molar-refractivity contribution in [2.24, 2.45) is 5.73 Å². The molecule has 7 heteroatoms. The topological polar surface area (TPSA) is 103 Å². The number of hydrogen-bond acceptors (Lipinski definition) is 6. The van der Waals surface area contributed by atoms with Crippen LogP contribution in [0.3, 0.4) is 0 Å². The van der Waals surface area contributed by atoms with Gasteiger partial charge in [-0.2, -0.15) is 4.98 Å². The molecule has 3 N–H and O–H groups in total. The van der Waals surface area contributed by atoms with Gasteiger partial charge in [0.1, 0.15) is 6.10 Å². The molecule has 0 saturated carbocycles. The van der Waals surface area contributed by atoms with Crippen LogP contribution >= 0.6 is 0 Å². The summed E-state index contributed by atoms with van der Waals surface area (Å²) in [5.41, 5.74) is 7.40. The van der Waals surface area contributed by atoms with E-state index in [4.69, 9.17) is 15.0 Å². The van der Waals surface area contributed by atoms with Crippen molar-refractivity contribution in [2.75, 3.05) is 11.9 Å². The van der Waals surface area contributed by atoms with Gasteiger partial charge in [-0.15, -0.1) is 0 Å². The number of aromatic nitrogens is 2. The summed E-state index contributed by atoms with van der Waals surface area (Å²) in [6, 6.07) is 5.36. The molecule has 0 radical (unpaired) electrons. The lowest BCUT2D eigenvalue weighted by atomic mass is 10.1. The summed E-state index contributed by atoms with van der Waals surface area (Å²) < 4.78 is 10.6. The SMILES string of the molecule is CCOC(C)c1noc(CNc2c(C)cccc2C(N)=O)n1. The molecular formula is C15H20N4O3. The number of rotatable bonds is 7. The van der Waals surface area contributed by atoms with Gasteiger partial charge in [-0.05, 0) is 32.4 Å². The maximum absolute atomic E-state index is 11.5. The van der Waals surface area contributed by atoms with E-state index < -0.39 is 5.91 Å². The third-order valence-electron chi connectivity index (χ3n) is 3.22. The summed E-state index contributed by atoms with van der Waals surface area (Å²) in [5.74, 6) is 0.432. The molecule has 0 spiro atoms. The van der Waals surface area contributed by atoms with Gasteiger partial charge >= 0.3 is 0 Å². The van der Waals surface area contributed by atoms with Crippen molar-refractivity contribution in [3.63, 3.8) is 0 Å². The Morgan fingerprint density at radius 3 is 2.95 bits per heavy atom. The average Bonchev–Trinajstić information content (AvgIpc) is 2.95. The predicted octanol–water partition coefficient (Wildman–Crippen LogP) is 2.19. The Morgan fingerprint density at radius 1 is 1.50 bits per heavy atom. The number of aryl methyl sites for hydroxylation is 1. The average molecular weight is 304 g/mol. The molecule has 7 nitrogen and oxygen atoms in total. The zero-order valence-corrected chi connectivity index (χ0v) is 12.9. The van der Waals surface area contributed by atoms with Crippen LogP contribution in [0, 0.1) is 6.92 Å². The van der Waals surface area contributed by atoms with Gasteiger partial charge in [0.15, 0.2) is 5.82 Å². The van der Waals surface area contributed by atoms with Crippen LogP contribution in [0.5, 0.6) is 0 Å². The molecule has 0 aliphatic carbocycles. The van der Waals surface area contributed by atoms with Crippen LogP contribution in [-0.2, 0) is 11.3 Å². The van der Waals surface area contributed by atoms with Gasteiger partial charge in [0.25, 0.3) is 5.91 Å². The van der Waals surface area contributed by atoms with Crippen molar-refractivity contribution in [1.29, 1.82) is 0 Å². The number of anilines is 1. The van der Waals surface area contributed by atoms with Crippen molar-refractivity contribution in [2.45, 2.75) is 33.4 Å². The van der Waals surface area contributed by atoms with Gasteiger partial charge in [0.05, 0.1) is 17.8 Å². The van der Waals surface area contributed by atoms with Crippen molar-refractivity contribution in [3.05, 3.63) is 41.0 Å². The summed E-state index contributed by atoms with van der Waals surface area (Å²) in [6.45, 7) is 6.54. The van der Waals surface area contributed by atoms with Gasteiger partial charge in [-0.3, -0.25) is 4.79 Å². The first-order chi connectivity index (χ1) is 10.5. The van der Waals surface area contributed by atoms with Gasteiger partial charge in [-0.25, -0.2) is 0 Å². The highest BCUT2D eigenvalue weighted by molar-refractivity contribution is 5.99. The van der Waals surface area contributed by atoms with Gasteiger partial charge in [0.2, 0.25) is 5.89 Å². The number of nitrogens with zero attached hydrogens (tertiary/aromatic N) is 2. The lowest BCUT2D eigenvalue weighted by Gasteiger charge is -2.11. The zero-order valence-electron chi connectivity index (χ0n) is 12.9. The first-order valence-electron chi connectivity index (χ1n) is 7.10. The number of para-hydroxylation sites is 1. The monoisotopic (exact) mass is 304 g/mol. The summed E-state index contributed by atoms with van der Waals surface area (Å²) in [6.07, 6.45) is -0.220. The van der Waals surface area contributed by atoms with Crippen LogP contribution in [0.4, 0.5) is 5.69 Å². The van der Waals surface area contributed by atoms with Crippen LogP contribution < -0.4 is 11.1 Å². The maximum Gasteiger partial charge on any atom is 0.250 e. The van der Waals surface area contributed by atoms with Crippen molar-refractivity contribution < 1.29 is 14.1 Å². The molecule has 2 aromatic rings. The Morgan fingerprint density at radius 2 is 2.27 bits per heavy atom. The predicted molar refractivity (Wildman–Crippen MR) is 81.4 cm³/mol. The molecule has 1 amide bonds. The number of carbonyl (C=O) groups excluding carboxylic acids is 1. The fraction of sp³-hybridized carbons (Fsp3) is 0.400. The third-order valence-corrected chi connectivity index (χ3v) is 3.22. The number of nitrogens with two attached hydrogens (primary N) is 1. The lowest BCUT2D eigenvalue weighted by molar-refractivity contribution is 0.0683. The van der Waals surface area contributed by atoms with Crippen LogP contribution in [0.25, 0.3) is 0 Å². The normalized spacial score (nSPS) is 12.1. The molecule has 22 heavy (non-hydrogen) atoms. The molecule has 0 saturated heterocycles. The first-order valence-corrected chi connectivity index (χ1v) is 7.10. The van der Waals surface area contributed by atoms with E-state index in [0.717, 1.165) is 5.56 Å². The van der Waals surface area contributed by atoms with Crippen molar-refractivity contribution >= 4 is 11.6 Å². The van der Waals surface area contributed by atoms with E-state index in [1.165, 1.54) is 0 Å². The molecule has 2 rings (SSSR count). The van der Waals surface area contributed by atoms with E-state index in [1.807, 2.05) is 26.8 Å². The highest BCUT2D eigenvalue weighted by atomic mass is 16.5. The Labute approximate surface area is 128 Å². The Balaban J connectivity index is 2.09. The zero-order chi connectivity index (χ0) is 16.1. The molecule has 1 aromatic heterocycles. The van der Waals surface area contributed by atoms with Gasteiger partial charge < -0.3 is 20.3 Å². The van der Waals surface area contributed by atoms with Crippen LogP contribution in [-0.4, -0.2) is 22.7 Å². The first kappa shape index (κ1) is 16.0. The summed E-state index contributed by atoms with van der Waals surface area (Å²) in [5, 5.41) is 7.01. The number of primary amides is 1. The van der Waals surface area contributed by atoms with Gasteiger partial charge in [-0.1, -0.05) is 17.3 Å². The summed E-state index contributed by atoms with van der Waals surface area (Å²) >= 11 is 0. The Hall–Kier alpha value is -2.41. The molecule has 0 bridgehead atoms. The molecule has 0 aliphatic heterocycles. The van der Waals surface area contributed by atoms with Crippen LogP contribution in [0.15, 0.2) is 22.7 Å². The van der Waals surface area contributed by atoms with E-state index in [0.29, 0.717) is 36.1 Å². The molecule has 0 aliphatic rings. The highest BCUT2D eigenvalue weighted by Gasteiger charge is 2.15. The fourth-order valence-electron chi connectivity index (χ4n) is 2.10. The molecule has 1 aromatic carbocycles. The number of carbonyl (C=O) groups is 1. The maximum atomic E-state index is 11.5. The second-order valence-corrected chi connectivity index (χ2v) is 4.86. The Kier molecular flexibility index (Phi) is 5.11. The summed E-state index contributed by atoms with van der Waals surface area (Å²) in [7, 11) is 0. The quantitative estimate of drug-likeness (QED) is 0.812. The highest BCUT2D eigenvalue weighted by Crippen LogP contribution is 2.21. The summed E-state index contributed by atoms with van der Waals surface area (Å²) in [4.78, 5) is 15.7. The fourth-order valence-corrected chi connectivity index (χ4v) is 2.10. The molecule has 0 fully saturated rings. The number of benzene rings is 1. The second kappa shape index (κ2) is 7.04. The minimum absolute atomic E-state index is 0.220. The van der Waals surface area contributed by atoms with E-state index in [2.05, 4.69) is 15.5 Å². The standard InChI is InChI=1S/C15H20N4O3/c1-4-21-10(3)15-18-12(22-19-15)8-17-13-9(2)6-5-7-11(13)14(16)20/h5-7,10,17H,4,8H2,1-3H3,(H2,16,20). The largest absolute Gasteiger partial charge is 0.375 e. The smallest absolute Gasteiger partial charge is 0.250 e. The molecule has 1 atom stereocenters. The van der Waals surface area contributed by atoms with Crippen LogP contribution in [0.1, 0.15) is 47.6 Å². The van der Waals surface area contributed by atoms with Crippen molar-refractivity contribution in [1.82, 2.24) is 10.1 Å². The van der Waals surface area contributed by atoms with Crippen molar-refractivity contribution in [3.8, 4) is 0 Å². The second-order valence-electron chi connectivity index (χ2n) is 4.86. The molecular weight excluding hydrogens is 284 g/mol. The number of amides is 1. The number of hydrogen-bond donors (Lipinski definition) is 2. The number of nitrogens with one attached hydrogen (secondary N) is 1. The third kappa shape index (κ3) is 3.62. The Bertz CT molecular complexity index is 654. The van der Waals surface area contributed by atoms with E-state index in [9.17, 15) is 4.79 Å². The molecule has 1 heterocycles. The minimum atomic E-state index is -0.484. The number of ether oxygens (including phenoxy) is 1. The van der Waals surface area contributed by atoms with Crippen LogP contribution in [0.2, 0.25) is 0 Å². The van der Waals surface area contributed by atoms with Gasteiger partial charge in [0, 0.05) is 6.61 Å². The van der Waals surface area contributed by atoms with E-state index >= 15 is 0 Å². The van der Waals surface area contributed by atoms with E-state index in [-0.39, 0.29) is 6.10 Å². The molecule has 118 valence electrons. The lowest BCUT2D eigenvalue weighted by Crippen LogP contribution is -2.15.